The molecule has 0 saturated heterocycles. The molecule has 0 spiro atoms. The maximum absolute atomic E-state index is 13.8. The Bertz CT molecular complexity index is 1170. The number of ether oxygens (including phenoxy) is 2. The van der Waals surface area contributed by atoms with Gasteiger partial charge >= 0.3 is 0 Å². The lowest BCUT2D eigenvalue weighted by Crippen LogP contribution is -2.56. The van der Waals surface area contributed by atoms with Crippen molar-refractivity contribution in [3.63, 3.8) is 0 Å². The number of azide groups is 1. The Hall–Kier alpha value is -3.59. The maximum Gasteiger partial charge on any atom is 0.266 e. The quantitative estimate of drug-likeness (QED) is 0.113. The minimum Gasteiger partial charge on any atom is -0.494 e. The Balaban J connectivity index is 1.58. The van der Waals surface area contributed by atoms with Crippen molar-refractivity contribution in [2.75, 3.05) is 19.8 Å². The van der Waals surface area contributed by atoms with Crippen LogP contribution in [0.15, 0.2) is 58.6 Å². The number of aliphatic hydroxyl groups excluding tert-OH is 1. The molecule has 2 atom stereocenters. The van der Waals surface area contributed by atoms with Crippen LogP contribution in [0.4, 0.5) is 0 Å². The van der Waals surface area contributed by atoms with Crippen molar-refractivity contribution in [1.29, 1.82) is 0 Å². The highest BCUT2D eigenvalue weighted by molar-refractivity contribution is 6.00. The van der Waals surface area contributed by atoms with Gasteiger partial charge in [0.05, 0.1) is 13.2 Å². The van der Waals surface area contributed by atoms with Crippen LogP contribution in [0.2, 0.25) is 0 Å². The summed E-state index contributed by atoms with van der Waals surface area (Å²) in [6.45, 7) is 3.27. The SMILES string of the molecule is C[C@@H]1OC(c2ccc(OCCCO)cc2)=N[C@]1(Cc1ccccc1CN=[N+]=[N-])C(=O)NNCC1CCCCC1. The van der Waals surface area contributed by atoms with Gasteiger partial charge in [-0.05, 0) is 66.6 Å². The summed E-state index contributed by atoms with van der Waals surface area (Å²) >= 11 is 0. The molecule has 1 saturated carbocycles. The first-order valence-electron chi connectivity index (χ1n) is 13.8. The van der Waals surface area contributed by atoms with Gasteiger partial charge in [-0.1, -0.05) is 48.6 Å². The number of carbonyl (C=O) groups is 1. The van der Waals surface area contributed by atoms with Crippen LogP contribution in [0.3, 0.4) is 0 Å². The Morgan fingerprint density at radius 3 is 2.64 bits per heavy atom. The van der Waals surface area contributed by atoms with Crippen LogP contribution in [0.5, 0.6) is 5.75 Å². The van der Waals surface area contributed by atoms with E-state index >= 15 is 0 Å². The highest BCUT2D eigenvalue weighted by atomic mass is 16.5. The van der Waals surface area contributed by atoms with Gasteiger partial charge in [0.2, 0.25) is 5.90 Å². The van der Waals surface area contributed by atoms with Gasteiger partial charge in [-0.2, -0.15) is 0 Å². The van der Waals surface area contributed by atoms with E-state index in [0.29, 0.717) is 30.6 Å². The van der Waals surface area contributed by atoms with Gasteiger partial charge in [0.15, 0.2) is 5.54 Å². The van der Waals surface area contributed by atoms with E-state index in [-0.39, 0.29) is 25.5 Å². The smallest absolute Gasteiger partial charge is 0.266 e. The van der Waals surface area contributed by atoms with Gasteiger partial charge in [0, 0.05) is 36.5 Å². The molecule has 0 unspecified atom stereocenters. The lowest BCUT2D eigenvalue weighted by Gasteiger charge is -2.30. The van der Waals surface area contributed by atoms with E-state index in [1.165, 1.54) is 32.1 Å². The average molecular weight is 535 g/mol. The van der Waals surface area contributed by atoms with Crippen LogP contribution in [0, 0.1) is 5.92 Å². The number of hydrogen-bond donors (Lipinski definition) is 3. The molecule has 10 nitrogen and oxygen atoms in total. The lowest BCUT2D eigenvalue weighted by atomic mass is 9.84. The number of aliphatic imine (C=N–C) groups is 1. The monoisotopic (exact) mass is 534 g/mol. The number of amides is 1. The molecule has 208 valence electrons. The van der Waals surface area contributed by atoms with E-state index in [2.05, 4.69) is 20.9 Å². The van der Waals surface area contributed by atoms with E-state index in [1.807, 2.05) is 55.5 Å². The first-order valence-corrected chi connectivity index (χ1v) is 13.8. The Kier molecular flexibility index (Phi) is 10.2. The molecule has 1 fully saturated rings. The molecular weight excluding hydrogens is 496 g/mol. The number of hydrazine groups is 1. The molecule has 0 radical (unpaired) electrons. The minimum atomic E-state index is -1.22. The molecule has 2 aromatic rings. The van der Waals surface area contributed by atoms with E-state index in [0.717, 1.165) is 23.2 Å². The first kappa shape index (κ1) is 28.4. The van der Waals surface area contributed by atoms with Gasteiger partial charge in [0.25, 0.3) is 5.91 Å². The topological polar surface area (TPSA) is 141 Å². The number of nitrogens with one attached hydrogen (secondary N) is 2. The van der Waals surface area contributed by atoms with Crippen LogP contribution in [0.25, 0.3) is 10.4 Å². The summed E-state index contributed by atoms with van der Waals surface area (Å²) in [6, 6.07) is 15.0. The normalized spacial score (nSPS) is 21.0. The molecule has 3 N–H and O–H groups in total. The van der Waals surface area contributed by atoms with Gasteiger partial charge in [-0.15, -0.1) is 0 Å². The summed E-state index contributed by atoms with van der Waals surface area (Å²) in [5.41, 5.74) is 16.2. The molecule has 4 rings (SSSR count). The fraction of sp³-hybridized carbons (Fsp3) is 0.517. The number of carbonyl (C=O) groups excluding carboxylic acids is 1. The summed E-state index contributed by atoms with van der Waals surface area (Å²) in [5.74, 6) is 1.36. The molecule has 1 heterocycles. The van der Waals surface area contributed by atoms with E-state index < -0.39 is 11.6 Å². The first-order chi connectivity index (χ1) is 19.1. The molecule has 1 aliphatic carbocycles. The Morgan fingerprint density at radius 2 is 1.92 bits per heavy atom. The van der Waals surface area contributed by atoms with Gasteiger partial charge in [-0.3, -0.25) is 10.2 Å². The zero-order valence-electron chi connectivity index (χ0n) is 22.5. The number of rotatable bonds is 13. The van der Waals surface area contributed by atoms with Gasteiger partial charge in [-0.25, -0.2) is 10.4 Å². The molecule has 2 aromatic carbocycles. The molecule has 39 heavy (non-hydrogen) atoms. The fourth-order valence-electron chi connectivity index (χ4n) is 5.20. The predicted octanol–water partition coefficient (Wildman–Crippen LogP) is 4.61. The van der Waals surface area contributed by atoms with E-state index in [9.17, 15) is 4.79 Å². The average Bonchev–Trinajstić information content (AvgIpc) is 3.30. The summed E-state index contributed by atoms with van der Waals surface area (Å²) in [4.78, 5) is 21.7. The molecule has 10 heteroatoms. The van der Waals surface area contributed by atoms with Crippen LogP contribution in [-0.2, 0) is 22.5 Å². The third-order valence-corrected chi connectivity index (χ3v) is 7.53. The van der Waals surface area contributed by atoms with Crippen molar-refractivity contribution in [2.24, 2.45) is 16.0 Å². The van der Waals surface area contributed by atoms with E-state index in [4.69, 9.17) is 25.1 Å². The summed E-state index contributed by atoms with van der Waals surface area (Å²) < 4.78 is 11.9. The second-order valence-corrected chi connectivity index (χ2v) is 10.2. The van der Waals surface area contributed by atoms with Crippen molar-refractivity contribution in [3.05, 3.63) is 75.7 Å². The van der Waals surface area contributed by atoms with Crippen molar-refractivity contribution in [3.8, 4) is 5.75 Å². The minimum absolute atomic E-state index is 0.0757. The highest BCUT2D eigenvalue weighted by Crippen LogP contribution is 2.34. The number of benzene rings is 2. The molecule has 1 aliphatic heterocycles. The van der Waals surface area contributed by atoms with Crippen LogP contribution < -0.4 is 15.6 Å². The maximum atomic E-state index is 13.8. The second-order valence-electron chi connectivity index (χ2n) is 10.2. The molecule has 2 aliphatic rings. The van der Waals surface area contributed by atoms with E-state index in [1.54, 1.807) is 0 Å². The Morgan fingerprint density at radius 1 is 1.18 bits per heavy atom. The van der Waals surface area contributed by atoms with Crippen molar-refractivity contribution >= 4 is 11.8 Å². The predicted molar refractivity (Wildman–Crippen MR) is 149 cm³/mol. The third-order valence-electron chi connectivity index (χ3n) is 7.53. The Labute approximate surface area is 229 Å². The fourth-order valence-corrected chi connectivity index (χ4v) is 5.20. The summed E-state index contributed by atoms with van der Waals surface area (Å²) in [5, 5.41) is 12.7. The zero-order chi connectivity index (χ0) is 27.5. The van der Waals surface area contributed by atoms with Gasteiger partial charge in [0.1, 0.15) is 11.9 Å². The molecule has 1 amide bonds. The lowest BCUT2D eigenvalue weighted by molar-refractivity contribution is -0.129. The molecule has 0 aromatic heterocycles. The van der Waals surface area contributed by atoms with Crippen molar-refractivity contribution in [1.82, 2.24) is 10.9 Å². The molecular formula is C29H38N6O4. The van der Waals surface area contributed by atoms with Crippen molar-refractivity contribution < 1.29 is 19.4 Å². The number of hydrogen-bond acceptors (Lipinski definition) is 7. The second kappa shape index (κ2) is 14.0. The number of nitrogens with zero attached hydrogens (tertiary/aromatic N) is 4. The van der Waals surface area contributed by atoms with Crippen LogP contribution in [-0.4, -0.2) is 48.3 Å². The van der Waals surface area contributed by atoms with Crippen molar-refractivity contribution in [2.45, 2.75) is 70.1 Å². The zero-order valence-corrected chi connectivity index (χ0v) is 22.5. The highest BCUT2D eigenvalue weighted by Gasteiger charge is 2.50. The third kappa shape index (κ3) is 7.29. The van der Waals surface area contributed by atoms with Crippen LogP contribution in [0.1, 0.15) is 62.1 Å². The van der Waals surface area contributed by atoms with Gasteiger partial charge < -0.3 is 14.6 Å². The standard InChI is InChI=1S/C29H38N6O4/c1-21-29(18-24-10-5-6-11-25(24)20-32-35-30,28(37)34-31-19-22-8-3-2-4-9-22)33-27(39-21)23-12-14-26(15-13-23)38-17-7-16-36/h5-6,10-15,21-22,31,36H,2-4,7-9,16-20H2,1H3,(H,34,37)/t21-,29-/m0/s1. The number of aliphatic hydroxyl groups is 1. The van der Waals surface area contributed by atoms with Crippen LogP contribution >= 0.6 is 0 Å². The summed E-state index contributed by atoms with van der Waals surface area (Å²) in [7, 11) is 0. The molecule has 0 bridgehead atoms. The largest absolute Gasteiger partial charge is 0.494 e. The summed E-state index contributed by atoms with van der Waals surface area (Å²) in [6.07, 6.45) is 6.38.